The van der Waals surface area contributed by atoms with Gasteiger partial charge in [0.2, 0.25) is 0 Å². The quantitative estimate of drug-likeness (QED) is 0.437. The second-order valence-corrected chi connectivity index (χ2v) is 9.35. The maximum absolute atomic E-state index is 11.3. The van der Waals surface area contributed by atoms with E-state index < -0.39 is 9.74 Å². The third kappa shape index (κ3) is 4.75. The lowest BCUT2D eigenvalue weighted by Gasteiger charge is -2.19. The highest BCUT2D eigenvalue weighted by atomic mass is 32.2. The van der Waals surface area contributed by atoms with Crippen molar-refractivity contribution in [3.8, 4) is 0 Å². The lowest BCUT2D eigenvalue weighted by Crippen LogP contribution is -2.42. The first-order chi connectivity index (χ1) is 13.5. The van der Waals surface area contributed by atoms with Gasteiger partial charge < -0.3 is 10.6 Å². The first-order valence-electron chi connectivity index (χ1n) is 8.90. The van der Waals surface area contributed by atoms with E-state index in [1.165, 1.54) is 23.5 Å². The first-order valence-corrected chi connectivity index (χ1v) is 10.7. The van der Waals surface area contributed by atoms with Gasteiger partial charge in [-0.2, -0.15) is 0 Å². The number of thioether (sulfide) groups is 2. The molecule has 2 aliphatic heterocycles. The summed E-state index contributed by atoms with van der Waals surface area (Å²) in [5, 5.41) is 32.6. The number of benzene rings is 1. The zero-order chi connectivity index (χ0) is 20.0. The monoisotopic (exact) mass is 422 g/mol. The summed E-state index contributed by atoms with van der Waals surface area (Å²) in [5.74, 6) is 0. The molecule has 0 spiro atoms. The zero-order valence-corrected chi connectivity index (χ0v) is 16.8. The molecule has 8 nitrogen and oxygen atoms in total. The molecular weight excluding hydrogens is 400 g/mol. The minimum atomic E-state index is -0.996. The third-order valence-corrected chi connectivity index (χ3v) is 7.24. The van der Waals surface area contributed by atoms with E-state index in [9.17, 15) is 20.2 Å². The number of rotatable bonds is 10. The number of nitro groups is 2. The van der Waals surface area contributed by atoms with Crippen molar-refractivity contribution >= 4 is 23.5 Å². The number of nitrogens with zero attached hydrogens (tertiary/aromatic N) is 2. The van der Waals surface area contributed by atoms with Crippen LogP contribution in [0.2, 0.25) is 0 Å². The molecule has 2 atom stereocenters. The van der Waals surface area contributed by atoms with Crippen LogP contribution in [-0.4, -0.2) is 32.7 Å². The van der Waals surface area contributed by atoms with Gasteiger partial charge in [-0.15, -0.1) is 0 Å². The molecule has 10 heteroatoms. The van der Waals surface area contributed by atoms with Crippen molar-refractivity contribution in [3.05, 3.63) is 78.6 Å². The van der Waals surface area contributed by atoms with Gasteiger partial charge >= 0.3 is 0 Å². The molecule has 0 radical (unpaired) electrons. The second kappa shape index (κ2) is 9.08. The number of hydrogen-bond acceptors (Lipinski definition) is 8. The molecule has 0 aliphatic carbocycles. The molecule has 2 unspecified atom stereocenters. The minimum Gasteiger partial charge on any atom is -0.305 e. The van der Waals surface area contributed by atoms with Crippen LogP contribution in [0.25, 0.3) is 0 Å². The van der Waals surface area contributed by atoms with E-state index in [0.717, 1.165) is 11.1 Å². The molecule has 28 heavy (non-hydrogen) atoms. The Morgan fingerprint density at radius 2 is 1.21 bits per heavy atom. The van der Waals surface area contributed by atoms with Crippen LogP contribution < -0.4 is 10.6 Å². The Labute approximate surface area is 171 Å². The normalized spacial score (nSPS) is 26.0. The summed E-state index contributed by atoms with van der Waals surface area (Å²) >= 11 is 2.50. The van der Waals surface area contributed by atoms with Crippen LogP contribution in [0.15, 0.2) is 47.2 Å². The summed E-state index contributed by atoms with van der Waals surface area (Å²) in [5.41, 5.74) is 2.08. The van der Waals surface area contributed by atoms with Crippen LogP contribution in [0.4, 0.5) is 0 Å². The Bertz CT molecular complexity index is 701. The first kappa shape index (κ1) is 20.8. The largest absolute Gasteiger partial charge is 0.305 e. The maximum atomic E-state index is 11.3. The lowest BCUT2D eigenvalue weighted by molar-refractivity contribution is -0.534. The smallest absolute Gasteiger partial charge is 0.286 e. The van der Waals surface area contributed by atoms with Gasteiger partial charge in [-0.25, -0.2) is 0 Å². The summed E-state index contributed by atoms with van der Waals surface area (Å²) in [6, 6.07) is 7.88. The Hall–Kier alpha value is -1.88. The summed E-state index contributed by atoms with van der Waals surface area (Å²) in [7, 11) is 0. The van der Waals surface area contributed by atoms with Crippen molar-refractivity contribution in [2.24, 2.45) is 0 Å². The fraction of sp³-hybridized carbons (Fsp3) is 0.444. The van der Waals surface area contributed by atoms with E-state index in [1.54, 1.807) is 10.8 Å². The highest BCUT2D eigenvalue weighted by Gasteiger charge is 2.44. The Kier molecular flexibility index (Phi) is 6.76. The standard InChI is InChI=1S/C18H22N4O4S2/c23-21(24)17(7-1-9-27-17)13-19-11-15-3-5-16(6-4-15)12-20-14-18(22(25)26)8-2-10-28-18/h1-6,9-10,19-20H,7-8,11-14H2. The van der Waals surface area contributed by atoms with Crippen LogP contribution in [0.1, 0.15) is 24.0 Å². The predicted molar refractivity (Wildman–Crippen MR) is 112 cm³/mol. The van der Waals surface area contributed by atoms with E-state index in [4.69, 9.17) is 0 Å². The predicted octanol–water partition coefficient (Wildman–Crippen LogP) is 3.11. The molecular formula is C18H22N4O4S2. The number of nitrogens with one attached hydrogen (secondary N) is 2. The lowest BCUT2D eigenvalue weighted by atomic mass is 10.1. The van der Waals surface area contributed by atoms with Crippen LogP contribution >= 0.6 is 23.5 Å². The van der Waals surface area contributed by atoms with Gasteiger partial charge in [0.05, 0.1) is 13.1 Å². The third-order valence-electron chi connectivity index (χ3n) is 4.79. The van der Waals surface area contributed by atoms with Crippen LogP contribution in [0.3, 0.4) is 0 Å². The average Bonchev–Trinajstić information content (AvgIpc) is 3.34. The van der Waals surface area contributed by atoms with Crippen molar-refractivity contribution in [1.82, 2.24) is 10.6 Å². The SMILES string of the molecule is O=[N+]([O-])C1(CNCc2ccc(CNCC3([N+](=O)[O-])CC=CS3)cc2)CC=CS1. The van der Waals surface area contributed by atoms with Crippen LogP contribution in [0.5, 0.6) is 0 Å². The van der Waals surface area contributed by atoms with Crippen LogP contribution in [-0.2, 0) is 13.1 Å². The molecule has 2 N–H and O–H groups in total. The number of hydrogen-bond donors (Lipinski definition) is 2. The molecule has 0 saturated carbocycles. The highest BCUT2D eigenvalue weighted by Crippen LogP contribution is 2.37. The van der Waals surface area contributed by atoms with Crippen LogP contribution in [0, 0.1) is 20.2 Å². The van der Waals surface area contributed by atoms with Gasteiger partial charge in [0.25, 0.3) is 9.74 Å². The van der Waals surface area contributed by atoms with Crippen molar-refractivity contribution < 1.29 is 9.85 Å². The molecule has 150 valence electrons. The Morgan fingerprint density at radius 3 is 1.50 bits per heavy atom. The van der Waals surface area contributed by atoms with E-state index in [2.05, 4.69) is 10.6 Å². The van der Waals surface area contributed by atoms with Gasteiger partial charge in [0.1, 0.15) is 0 Å². The fourth-order valence-corrected chi connectivity index (χ4v) is 4.90. The van der Waals surface area contributed by atoms with Gasteiger partial charge in [0, 0.05) is 35.8 Å². The van der Waals surface area contributed by atoms with Crippen molar-refractivity contribution in [3.63, 3.8) is 0 Å². The van der Waals surface area contributed by atoms with Gasteiger partial charge in [-0.1, -0.05) is 59.9 Å². The highest BCUT2D eigenvalue weighted by molar-refractivity contribution is 8.03. The van der Waals surface area contributed by atoms with Gasteiger partial charge in [0.15, 0.2) is 0 Å². The molecule has 1 aromatic carbocycles. The minimum absolute atomic E-state index is 0.213. The molecule has 2 aliphatic rings. The second-order valence-electron chi connectivity index (χ2n) is 6.82. The molecule has 1 aromatic rings. The Balaban J connectivity index is 1.43. The molecule has 3 rings (SSSR count). The summed E-state index contributed by atoms with van der Waals surface area (Å²) in [6.45, 7) is 1.71. The van der Waals surface area contributed by atoms with E-state index in [-0.39, 0.29) is 9.85 Å². The van der Waals surface area contributed by atoms with E-state index in [1.807, 2.05) is 36.4 Å². The summed E-state index contributed by atoms with van der Waals surface area (Å²) in [4.78, 5) is 20.2. The van der Waals surface area contributed by atoms with Crippen molar-refractivity contribution in [1.29, 1.82) is 0 Å². The zero-order valence-electron chi connectivity index (χ0n) is 15.2. The van der Waals surface area contributed by atoms with Gasteiger partial charge in [-0.3, -0.25) is 20.2 Å². The average molecular weight is 423 g/mol. The fourth-order valence-electron chi connectivity index (χ4n) is 3.08. The van der Waals surface area contributed by atoms with E-state index >= 15 is 0 Å². The summed E-state index contributed by atoms with van der Waals surface area (Å²) < 4.78 is 0. The van der Waals surface area contributed by atoms with Crippen molar-refractivity contribution in [2.75, 3.05) is 13.1 Å². The molecule has 0 aromatic heterocycles. The topological polar surface area (TPSA) is 110 Å². The summed E-state index contributed by atoms with van der Waals surface area (Å²) in [6.07, 6.45) is 4.53. The molecule has 0 saturated heterocycles. The molecule has 0 fully saturated rings. The molecule has 2 heterocycles. The Morgan fingerprint density at radius 1 is 0.821 bits per heavy atom. The van der Waals surface area contributed by atoms with E-state index in [0.29, 0.717) is 39.0 Å². The molecule has 0 bridgehead atoms. The van der Waals surface area contributed by atoms with Crippen molar-refractivity contribution in [2.45, 2.75) is 35.7 Å². The molecule has 0 amide bonds. The maximum Gasteiger partial charge on any atom is 0.286 e. The van der Waals surface area contributed by atoms with Gasteiger partial charge in [-0.05, 0) is 21.9 Å².